The molecule has 0 aliphatic heterocycles. The van der Waals surface area contributed by atoms with Crippen LogP contribution in [-0.2, 0) is 16.9 Å². The number of unbranched alkanes of at least 4 members (excludes halogenated alkanes) is 1. The van der Waals surface area contributed by atoms with Gasteiger partial charge in [0.15, 0.2) is 5.16 Å². The van der Waals surface area contributed by atoms with Gasteiger partial charge in [-0.15, -0.1) is 10.2 Å². The average molecular weight is 413 g/mol. The van der Waals surface area contributed by atoms with E-state index in [9.17, 15) is 0 Å². The number of nitrogens with two attached hydrogens (primary N) is 1. The molecule has 1 heterocycles. The lowest BCUT2D eigenvalue weighted by Crippen LogP contribution is -2.07. The summed E-state index contributed by atoms with van der Waals surface area (Å²) in [6.45, 7) is 3.04. The van der Waals surface area contributed by atoms with E-state index in [0.29, 0.717) is 6.61 Å². The quantitative estimate of drug-likeness (QED) is 0.290. The second-order valence-electron chi connectivity index (χ2n) is 6.75. The monoisotopic (exact) mass is 412 g/mol. The van der Waals surface area contributed by atoms with E-state index in [-0.39, 0.29) is 6.73 Å². The number of rotatable bonds is 11. The van der Waals surface area contributed by atoms with Crippen molar-refractivity contribution < 1.29 is 9.47 Å². The standard InChI is InChI=1S/C22H28N4O2S/c1-17-7-5-8-18(13-17)15-29-22-25-24-21(11-3-4-12-28-16-23)26(22)19-9-6-10-20(14-19)27-2/h5-10,13-14H,3-4,11-12,15-16,23H2,1-2H3. The number of hydrogen-bond acceptors (Lipinski definition) is 6. The van der Waals surface area contributed by atoms with Crippen molar-refractivity contribution in [1.29, 1.82) is 0 Å². The Kier molecular flexibility index (Phi) is 8.10. The molecule has 0 aliphatic rings. The van der Waals surface area contributed by atoms with Gasteiger partial charge >= 0.3 is 0 Å². The van der Waals surface area contributed by atoms with Gasteiger partial charge in [0, 0.05) is 24.8 Å². The fourth-order valence-corrected chi connectivity index (χ4v) is 4.00. The molecule has 2 aromatic carbocycles. The Morgan fingerprint density at radius 2 is 1.93 bits per heavy atom. The predicted molar refractivity (Wildman–Crippen MR) is 117 cm³/mol. The smallest absolute Gasteiger partial charge is 0.196 e. The Hall–Kier alpha value is -2.35. The highest BCUT2D eigenvalue weighted by atomic mass is 32.2. The van der Waals surface area contributed by atoms with Crippen molar-refractivity contribution in [1.82, 2.24) is 14.8 Å². The molecule has 2 N–H and O–H groups in total. The first-order chi connectivity index (χ1) is 14.2. The SMILES string of the molecule is COc1cccc(-n2c(CCCCOCN)nnc2SCc2cccc(C)c2)c1. The maximum atomic E-state index is 5.41. The molecule has 1 aromatic heterocycles. The molecule has 0 amide bonds. The van der Waals surface area contributed by atoms with Crippen LogP contribution in [0, 0.1) is 6.92 Å². The van der Waals surface area contributed by atoms with Gasteiger partial charge in [-0.3, -0.25) is 4.57 Å². The third-order valence-electron chi connectivity index (χ3n) is 4.52. The number of thioether (sulfide) groups is 1. The minimum Gasteiger partial charge on any atom is -0.497 e. The van der Waals surface area contributed by atoms with Crippen LogP contribution in [0.4, 0.5) is 0 Å². The van der Waals surface area contributed by atoms with Crippen molar-refractivity contribution >= 4 is 11.8 Å². The van der Waals surface area contributed by atoms with Gasteiger partial charge in [0.05, 0.1) is 19.5 Å². The zero-order valence-electron chi connectivity index (χ0n) is 17.0. The maximum Gasteiger partial charge on any atom is 0.196 e. The maximum absolute atomic E-state index is 5.41. The Labute approximate surface area is 176 Å². The molecule has 0 bridgehead atoms. The number of nitrogens with zero attached hydrogens (tertiary/aromatic N) is 3. The van der Waals surface area contributed by atoms with Crippen LogP contribution < -0.4 is 10.5 Å². The average Bonchev–Trinajstić information content (AvgIpc) is 3.15. The van der Waals surface area contributed by atoms with Gasteiger partial charge in [0.1, 0.15) is 11.6 Å². The van der Waals surface area contributed by atoms with Gasteiger partial charge in [-0.05, 0) is 37.5 Å². The molecule has 7 heteroatoms. The molecule has 0 spiro atoms. The Bertz CT molecular complexity index is 913. The Morgan fingerprint density at radius 3 is 2.72 bits per heavy atom. The Balaban J connectivity index is 1.80. The van der Waals surface area contributed by atoms with Crippen molar-refractivity contribution in [3.05, 3.63) is 65.5 Å². The van der Waals surface area contributed by atoms with Gasteiger partial charge in [-0.25, -0.2) is 0 Å². The zero-order chi connectivity index (χ0) is 20.5. The van der Waals surface area contributed by atoms with Crippen molar-refractivity contribution in [2.45, 2.75) is 37.1 Å². The molecule has 0 saturated heterocycles. The molecule has 0 fully saturated rings. The van der Waals surface area contributed by atoms with E-state index in [1.165, 1.54) is 11.1 Å². The molecule has 0 unspecified atom stereocenters. The molecule has 6 nitrogen and oxygen atoms in total. The van der Waals surface area contributed by atoms with E-state index in [1.54, 1.807) is 18.9 Å². The van der Waals surface area contributed by atoms with E-state index in [0.717, 1.165) is 47.4 Å². The van der Waals surface area contributed by atoms with E-state index < -0.39 is 0 Å². The summed E-state index contributed by atoms with van der Waals surface area (Å²) in [5.74, 6) is 2.60. The van der Waals surface area contributed by atoms with Crippen LogP contribution in [0.15, 0.2) is 53.7 Å². The summed E-state index contributed by atoms with van der Waals surface area (Å²) >= 11 is 1.69. The minimum absolute atomic E-state index is 0.264. The van der Waals surface area contributed by atoms with Gasteiger partial charge < -0.3 is 15.2 Å². The van der Waals surface area contributed by atoms with Crippen LogP contribution in [0.2, 0.25) is 0 Å². The van der Waals surface area contributed by atoms with E-state index in [1.807, 2.05) is 18.2 Å². The fraction of sp³-hybridized carbons (Fsp3) is 0.364. The molecule has 0 radical (unpaired) electrons. The number of benzene rings is 2. The van der Waals surface area contributed by atoms with Crippen LogP contribution in [0.3, 0.4) is 0 Å². The molecular formula is C22H28N4O2S. The van der Waals surface area contributed by atoms with Crippen LogP contribution in [0.1, 0.15) is 29.8 Å². The highest BCUT2D eigenvalue weighted by Crippen LogP contribution is 2.27. The normalized spacial score (nSPS) is 11.0. The minimum atomic E-state index is 0.264. The van der Waals surface area contributed by atoms with Crippen molar-refractivity contribution in [3.63, 3.8) is 0 Å². The molecule has 0 aliphatic carbocycles. The van der Waals surface area contributed by atoms with Gasteiger partial charge in [-0.1, -0.05) is 47.7 Å². The van der Waals surface area contributed by atoms with Gasteiger partial charge in [-0.2, -0.15) is 0 Å². The molecule has 3 rings (SSSR count). The third kappa shape index (κ3) is 6.06. The van der Waals surface area contributed by atoms with Crippen molar-refractivity contribution in [2.24, 2.45) is 5.73 Å². The molecule has 3 aromatic rings. The molecular weight excluding hydrogens is 384 g/mol. The number of hydrogen-bond donors (Lipinski definition) is 1. The van der Waals surface area contributed by atoms with Crippen molar-refractivity contribution in [3.8, 4) is 11.4 Å². The summed E-state index contributed by atoms with van der Waals surface area (Å²) < 4.78 is 12.8. The molecule has 29 heavy (non-hydrogen) atoms. The number of aromatic nitrogens is 3. The van der Waals surface area contributed by atoms with Crippen molar-refractivity contribution in [2.75, 3.05) is 20.4 Å². The van der Waals surface area contributed by atoms with E-state index in [4.69, 9.17) is 15.2 Å². The largest absolute Gasteiger partial charge is 0.497 e. The fourth-order valence-electron chi connectivity index (χ4n) is 3.08. The second kappa shape index (κ2) is 11.0. The lowest BCUT2D eigenvalue weighted by Gasteiger charge is -2.12. The zero-order valence-corrected chi connectivity index (χ0v) is 17.8. The third-order valence-corrected chi connectivity index (χ3v) is 5.52. The number of aryl methyl sites for hydroxylation is 2. The highest BCUT2D eigenvalue weighted by molar-refractivity contribution is 7.98. The van der Waals surface area contributed by atoms with Crippen LogP contribution in [0.25, 0.3) is 5.69 Å². The summed E-state index contributed by atoms with van der Waals surface area (Å²) in [6.07, 6.45) is 2.72. The predicted octanol–water partition coefficient (Wildman–Crippen LogP) is 4.13. The molecule has 0 atom stereocenters. The second-order valence-corrected chi connectivity index (χ2v) is 7.69. The number of methoxy groups -OCH3 is 1. The van der Waals surface area contributed by atoms with Crippen LogP contribution >= 0.6 is 11.8 Å². The van der Waals surface area contributed by atoms with Gasteiger partial charge in [0.25, 0.3) is 0 Å². The summed E-state index contributed by atoms with van der Waals surface area (Å²) in [5.41, 5.74) is 8.92. The first-order valence-corrected chi connectivity index (χ1v) is 10.7. The molecule has 154 valence electrons. The van der Waals surface area contributed by atoms with Crippen LogP contribution in [0.5, 0.6) is 5.75 Å². The first kappa shape index (κ1) is 21.4. The van der Waals surface area contributed by atoms with E-state index in [2.05, 4.69) is 52.0 Å². The number of ether oxygens (including phenoxy) is 2. The summed E-state index contributed by atoms with van der Waals surface area (Å²) in [4.78, 5) is 0. The topological polar surface area (TPSA) is 75.2 Å². The van der Waals surface area contributed by atoms with Gasteiger partial charge in [0.2, 0.25) is 0 Å². The highest BCUT2D eigenvalue weighted by Gasteiger charge is 2.15. The summed E-state index contributed by atoms with van der Waals surface area (Å²) in [6, 6.07) is 16.6. The lowest BCUT2D eigenvalue weighted by molar-refractivity contribution is 0.137. The Morgan fingerprint density at radius 1 is 1.07 bits per heavy atom. The first-order valence-electron chi connectivity index (χ1n) is 9.76. The van der Waals surface area contributed by atoms with Crippen LogP contribution in [-0.4, -0.2) is 35.2 Å². The molecule has 0 saturated carbocycles. The lowest BCUT2D eigenvalue weighted by atomic mass is 10.2. The van der Waals surface area contributed by atoms with E-state index >= 15 is 0 Å². The summed E-state index contributed by atoms with van der Waals surface area (Å²) in [7, 11) is 1.68. The summed E-state index contributed by atoms with van der Waals surface area (Å²) in [5, 5.41) is 9.85.